The number of nitrogens with zero attached hydrogens (tertiary/aromatic N) is 3. The van der Waals surface area contributed by atoms with Crippen molar-refractivity contribution in [3.63, 3.8) is 0 Å². The molecule has 29 heavy (non-hydrogen) atoms. The first kappa shape index (κ1) is 18.6. The van der Waals surface area contributed by atoms with Crippen LogP contribution >= 0.6 is 0 Å². The van der Waals surface area contributed by atoms with Crippen LogP contribution in [-0.4, -0.2) is 52.4 Å². The number of piperidine rings is 1. The zero-order chi connectivity index (χ0) is 20.1. The number of fused-ring (bicyclic) bond motifs is 1. The van der Waals surface area contributed by atoms with Crippen LogP contribution in [0.4, 0.5) is 10.2 Å². The molecule has 1 saturated carbocycles. The van der Waals surface area contributed by atoms with E-state index in [2.05, 4.69) is 44.8 Å². The van der Waals surface area contributed by atoms with Crippen molar-refractivity contribution in [1.82, 2.24) is 20.1 Å². The zero-order valence-corrected chi connectivity index (χ0v) is 17.3. The van der Waals surface area contributed by atoms with Gasteiger partial charge in [0.25, 0.3) is 0 Å². The predicted octanol–water partition coefficient (Wildman–Crippen LogP) is 4.57. The predicted molar refractivity (Wildman–Crippen MR) is 115 cm³/mol. The van der Waals surface area contributed by atoms with Gasteiger partial charge in [0, 0.05) is 29.9 Å². The summed E-state index contributed by atoms with van der Waals surface area (Å²) in [4.78, 5) is 6.57. The quantitative estimate of drug-likeness (QED) is 0.682. The fraction of sp³-hybridized carbons (Fsp3) is 0.478. The standard InChI is InChI=1S/C23H28FN5/c1-13-8-16(9-14(2)25-13)18-11-22-19(10-17(18)15-4-5-15)23(28-27-22)26-21-6-7-29(3)12-20(21)24/h8-11,15,20-21H,4-7,12H2,1-3H3,(H2,26,27,28). The van der Waals surface area contributed by atoms with Crippen LogP contribution < -0.4 is 5.32 Å². The van der Waals surface area contributed by atoms with Gasteiger partial charge in [0.1, 0.15) is 6.17 Å². The number of H-pyrrole nitrogens is 1. The molecule has 1 saturated heterocycles. The number of alkyl halides is 1. The number of rotatable bonds is 4. The van der Waals surface area contributed by atoms with Crippen molar-refractivity contribution in [3.05, 3.63) is 41.2 Å². The fourth-order valence-electron chi connectivity index (χ4n) is 4.56. The lowest BCUT2D eigenvalue weighted by Gasteiger charge is -2.32. The third-order valence-corrected chi connectivity index (χ3v) is 6.21. The highest BCUT2D eigenvalue weighted by Gasteiger charge is 2.30. The Hall–Kier alpha value is -2.47. The Kier molecular flexibility index (Phi) is 4.54. The number of anilines is 1. The smallest absolute Gasteiger partial charge is 0.156 e. The van der Waals surface area contributed by atoms with Crippen LogP contribution in [-0.2, 0) is 0 Å². The van der Waals surface area contributed by atoms with Crippen molar-refractivity contribution >= 4 is 16.7 Å². The minimum absolute atomic E-state index is 0.188. The Balaban J connectivity index is 1.54. The second kappa shape index (κ2) is 7.10. The van der Waals surface area contributed by atoms with E-state index >= 15 is 0 Å². The van der Waals surface area contributed by atoms with E-state index in [1.807, 2.05) is 25.8 Å². The Labute approximate surface area is 170 Å². The molecule has 2 atom stereocenters. The average Bonchev–Trinajstić information content (AvgIpc) is 3.44. The van der Waals surface area contributed by atoms with Crippen LogP contribution in [0.25, 0.3) is 22.0 Å². The number of hydrogen-bond acceptors (Lipinski definition) is 4. The SMILES string of the molecule is Cc1cc(-c2cc3[nH]nc(NC4CCN(C)CC4F)c3cc2C2CC2)cc(C)n1. The van der Waals surface area contributed by atoms with Crippen LogP contribution in [0.15, 0.2) is 24.3 Å². The summed E-state index contributed by atoms with van der Waals surface area (Å²) in [7, 11) is 1.97. The Morgan fingerprint density at radius 1 is 1.10 bits per heavy atom. The summed E-state index contributed by atoms with van der Waals surface area (Å²) in [6, 6.07) is 8.59. The number of pyridine rings is 1. The van der Waals surface area contributed by atoms with E-state index in [4.69, 9.17) is 0 Å². The molecule has 2 N–H and O–H groups in total. The van der Waals surface area contributed by atoms with Gasteiger partial charge in [0.15, 0.2) is 5.82 Å². The van der Waals surface area contributed by atoms with Gasteiger partial charge in [-0.15, -0.1) is 0 Å². The van der Waals surface area contributed by atoms with E-state index in [0.29, 0.717) is 12.5 Å². The second-order valence-corrected chi connectivity index (χ2v) is 8.79. The minimum atomic E-state index is -0.884. The van der Waals surface area contributed by atoms with Gasteiger partial charge < -0.3 is 10.2 Å². The molecule has 1 aliphatic heterocycles. The number of halogens is 1. The lowest BCUT2D eigenvalue weighted by atomic mass is 9.94. The molecule has 1 aliphatic carbocycles. The molecule has 0 bridgehead atoms. The number of nitrogens with one attached hydrogen (secondary N) is 2. The summed E-state index contributed by atoms with van der Waals surface area (Å²) in [5.41, 5.74) is 6.89. The zero-order valence-electron chi connectivity index (χ0n) is 17.3. The van der Waals surface area contributed by atoms with Crippen LogP contribution in [0.5, 0.6) is 0 Å². The van der Waals surface area contributed by atoms with Crippen molar-refractivity contribution in [2.24, 2.45) is 0 Å². The maximum absolute atomic E-state index is 14.5. The summed E-state index contributed by atoms with van der Waals surface area (Å²) >= 11 is 0. The fourth-order valence-corrected chi connectivity index (χ4v) is 4.56. The number of aromatic nitrogens is 3. The van der Waals surface area contributed by atoms with E-state index in [9.17, 15) is 4.39 Å². The van der Waals surface area contributed by atoms with Gasteiger partial charge >= 0.3 is 0 Å². The number of aryl methyl sites for hydroxylation is 2. The number of benzene rings is 1. The summed E-state index contributed by atoms with van der Waals surface area (Å²) in [5, 5.41) is 12.1. The van der Waals surface area contributed by atoms with Crippen LogP contribution in [0.1, 0.15) is 42.1 Å². The van der Waals surface area contributed by atoms with Crippen molar-refractivity contribution in [2.75, 3.05) is 25.5 Å². The molecule has 2 fully saturated rings. The normalized spacial score (nSPS) is 22.9. The van der Waals surface area contributed by atoms with Crippen molar-refractivity contribution in [3.8, 4) is 11.1 Å². The van der Waals surface area contributed by atoms with Gasteiger partial charge in [0.2, 0.25) is 0 Å². The molecular weight excluding hydrogens is 365 g/mol. The molecule has 0 radical (unpaired) electrons. The van der Waals surface area contributed by atoms with Crippen molar-refractivity contribution < 1.29 is 4.39 Å². The minimum Gasteiger partial charge on any atom is -0.362 e. The first-order valence-corrected chi connectivity index (χ1v) is 10.5. The molecule has 0 amide bonds. The molecule has 1 aromatic carbocycles. The van der Waals surface area contributed by atoms with Crippen LogP contribution in [0.3, 0.4) is 0 Å². The highest BCUT2D eigenvalue weighted by molar-refractivity contribution is 5.94. The highest BCUT2D eigenvalue weighted by Crippen LogP contribution is 2.46. The number of aromatic amines is 1. The highest BCUT2D eigenvalue weighted by atomic mass is 19.1. The molecule has 3 aromatic rings. The van der Waals surface area contributed by atoms with Crippen LogP contribution in [0, 0.1) is 13.8 Å². The Morgan fingerprint density at radius 2 is 1.86 bits per heavy atom. The Bertz CT molecular complexity index is 1030. The van der Waals surface area contributed by atoms with Crippen molar-refractivity contribution in [1.29, 1.82) is 0 Å². The molecule has 5 rings (SSSR count). The van der Waals surface area contributed by atoms with Gasteiger partial charge in [-0.2, -0.15) is 5.10 Å². The monoisotopic (exact) mass is 393 g/mol. The number of hydrogen-bond donors (Lipinski definition) is 2. The maximum atomic E-state index is 14.5. The van der Waals surface area contributed by atoms with Gasteiger partial charge in [-0.1, -0.05) is 0 Å². The lowest BCUT2D eigenvalue weighted by molar-refractivity contribution is 0.149. The van der Waals surface area contributed by atoms with E-state index in [0.717, 1.165) is 41.1 Å². The Morgan fingerprint density at radius 3 is 2.55 bits per heavy atom. The van der Waals surface area contributed by atoms with Crippen LogP contribution in [0.2, 0.25) is 0 Å². The first-order chi connectivity index (χ1) is 14.0. The van der Waals surface area contributed by atoms with Gasteiger partial charge in [0.05, 0.1) is 11.6 Å². The summed E-state index contributed by atoms with van der Waals surface area (Å²) in [5.74, 6) is 1.37. The van der Waals surface area contributed by atoms with Gasteiger partial charge in [-0.3, -0.25) is 10.1 Å². The summed E-state index contributed by atoms with van der Waals surface area (Å²) in [6.07, 6.45) is 2.35. The molecule has 6 heteroatoms. The third kappa shape index (κ3) is 3.62. The first-order valence-electron chi connectivity index (χ1n) is 10.5. The molecule has 2 aliphatic rings. The average molecular weight is 394 g/mol. The van der Waals surface area contributed by atoms with Gasteiger partial charge in [-0.25, -0.2) is 4.39 Å². The summed E-state index contributed by atoms with van der Waals surface area (Å²) < 4.78 is 14.5. The molecule has 2 unspecified atom stereocenters. The number of likely N-dealkylation sites (tertiary alicyclic amines) is 1. The molecule has 2 aromatic heterocycles. The molecular formula is C23H28FN5. The molecule has 5 nitrogen and oxygen atoms in total. The largest absolute Gasteiger partial charge is 0.362 e. The second-order valence-electron chi connectivity index (χ2n) is 8.79. The van der Waals surface area contributed by atoms with E-state index in [1.54, 1.807) is 0 Å². The summed E-state index contributed by atoms with van der Waals surface area (Å²) in [6.45, 7) is 5.45. The lowest BCUT2D eigenvalue weighted by Crippen LogP contribution is -2.46. The molecule has 152 valence electrons. The van der Waals surface area contributed by atoms with Crippen molar-refractivity contribution in [2.45, 2.75) is 51.2 Å². The maximum Gasteiger partial charge on any atom is 0.156 e. The molecule has 0 spiro atoms. The molecule has 3 heterocycles. The van der Waals surface area contributed by atoms with E-state index in [1.165, 1.54) is 29.5 Å². The van der Waals surface area contributed by atoms with E-state index in [-0.39, 0.29) is 6.04 Å². The topological polar surface area (TPSA) is 56.8 Å². The van der Waals surface area contributed by atoms with E-state index < -0.39 is 6.17 Å². The third-order valence-electron chi connectivity index (χ3n) is 6.21. The van der Waals surface area contributed by atoms with Gasteiger partial charge in [-0.05, 0) is 87.0 Å².